The SMILES string of the molecule is Cl.NC1CCN(C(=O)C2CC23CCCC3)C1. The number of carbonyl (C=O) groups excluding carboxylic acids is 1. The summed E-state index contributed by atoms with van der Waals surface area (Å²) >= 11 is 0. The third kappa shape index (κ3) is 1.84. The van der Waals surface area contributed by atoms with Crippen LogP contribution in [-0.4, -0.2) is 29.9 Å². The Morgan fingerprint density at radius 1 is 1.31 bits per heavy atom. The Hall–Kier alpha value is -0.280. The van der Waals surface area contributed by atoms with Crippen molar-refractivity contribution in [2.24, 2.45) is 17.1 Å². The highest BCUT2D eigenvalue weighted by atomic mass is 35.5. The molecular formula is C12H21ClN2O. The van der Waals surface area contributed by atoms with Crippen molar-refractivity contribution < 1.29 is 4.79 Å². The number of amides is 1. The van der Waals surface area contributed by atoms with Crippen molar-refractivity contribution in [3.05, 3.63) is 0 Å². The molecule has 2 N–H and O–H groups in total. The number of hydrogen-bond acceptors (Lipinski definition) is 2. The molecule has 0 aromatic heterocycles. The van der Waals surface area contributed by atoms with Gasteiger partial charge in [0.05, 0.1) is 0 Å². The predicted molar refractivity (Wildman–Crippen MR) is 65.4 cm³/mol. The minimum Gasteiger partial charge on any atom is -0.341 e. The van der Waals surface area contributed by atoms with E-state index in [0.717, 1.165) is 25.9 Å². The molecule has 0 aromatic rings. The maximum absolute atomic E-state index is 12.2. The fraction of sp³-hybridized carbons (Fsp3) is 0.917. The molecule has 3 aliphatic rings. The lowest BCUT2D eigenvalue weighted by molar-refractivity contribution is -0.132. The van der Waals surface area contributed by atoms with E-state index in [-0.39, 0.29) is 18.4 Å². The summed E-state index contributed by atoms with van der Waals surface area (Å²) in [4.78, 5) is 14.2. The van der Waals surface area contributed by atoms with E-state index in [1.807, 2.05) is 4.90 Å². The van der Waals surface area contributed by atoms with Crippen LogP contribution in [0.2, 0.25) is 0 Å². The smallest absolute Gasteiger partial charge is 0.226 e. The Bertz CT molecular complexity index is 289. The maximum Gasteiger partial charge on any atom is 0.226 e. The normalized spacial score (nSPS) is 35.2. The molecule has 0 aromatic carbocycles. The molecule has 2 unspecified atom stereocenters. The lowest BCUT2D eigenvalue weighted by atomic mass is 10.0. The summed E-state index contributed by atoms with van der Waals surface area (Å²) in [6.45, 7) is 1.69. The first-order valence-corrected chi connectivity index (χ1v) is 6.26. The molecule has 1 spiro atoms. The van der Waals surface area contributed by atoms with Crippen molar-refractivity contribution in [1.29, 1.82) is 0 Å². The quantitative estimate of drug-likeness (QED) is 0.761. The first kappa shape index (κ1) is 12.2. The van der Waals surface area contributed by atoms with E-state index in [1.54, 1.807) is 0 Å². The molecule has 0 bridgehead atoms. The predicted octanol–water partition coefficient (Wildman–Crippen LogP) is 1.55. The van der Waals surface area contributed by atoms with Crippen molar-refractivity contribution in [3.63, 3.8) is 0 Å². The van der Waals surface area contributed by atoms with Crippen molar-refractivity contribution >= 4 is 18.3 Å². The molecule has 1 amide bonds. The Morgan fingerprint density at radius 2 is 2.00 bits per heavy atom. The van der Waals surface area contributed by atoms with Crippen LogP contribution in [0.3, 0.4) is 0 Å². The Labute approximate surface area is 103 Å². The second-order valence-corrected chi connectivity index (χ2v) is 5.66. The summed E-state index contributed by atoms with van der Waals surface area (Å²) in [5.74, 6) is 0.773. The zero-order chi connectivity index (χ0) is 10.5. The van der Waals surface area contributed by atoms with Crippen LogP contribution < -0.4 is 5.73 Å². The average molecular weight is 245 g/mol. The van der Waals surface area contributed by atoms with Crippen molar-refractivity contribution in [2.45, 2.75) is 44.6 Å². The van der Waals surface area contributed by atoms with E-state index in [4.69, 9.17) is 5.73 Å². The molecule has 92 valence electrons. The van der Waals surface area contributed by atoms with Crippen molar-refractivity contribution in [2.75, 3.05) is 13.1 Å². The summed E-state index contributed by atoms with van der Waals surface area (Å²) in [5.41, 5.74) is 6.28. The molecule has 3 nitrogen and oxygen atoms in total. The molecular weight excluding hydrogens is 224 g/mol. The molecule has 2 saturated carbocycles. The van der Waals surface area contributed by atoms with Gasteiger partial charge in [0.2, 0.25) is 5.91 Å². The van der Waals surface area contributed by atoms with Crippen LogP contribution in [0.25, 0.3) is 0 Å². The molecule has 3 rings (SSSR count). The highest BCUT2D eigenvalue weighted by Crippen LogP contribution is 2.63. The van der Waals surface area contributed by atoms with Gasteiger partial charge in [0.1, 0.15) is 0 Å². The van der Waals surface area contributed by atoms with Gasteiger partial charge in [-0.2, -0.15) is 0 Å². The number of nitrogens with zero attached hydrogens (tertiary/aromatic N) is 1. The fourth-order valence-corrected chi connectivity index (χ4v) is 3.54. The van der Waals surface area contributed by atoms with E-state index < -0.39 is 0 Å². The van der Waals surface area contributed by atoms with Gasteiger partial charge in [-0.05, 0) is 31.1 Å². The zero-order valence-corrected chi connectivity index (χ0v) is 10.5. The van der Waals surface area contributed by atoms with Crippen LogP contribution in [0, 0.1) is 11.3 Å². The third-order valence-electron chi connectivity index (χ3n) is 4.62. The lowest BCUT2D eigenvalue weighted by Crippen LogP contribution is -2.34. The third-order valence-corrected chi connectivity index (χ3v) is 4.62. The number of halogens is 1. The van der Waals surface area contributed by atoms with Crippen LogP contribution in [0.4, 0.5) is 0 Å². The Balaban J connectivity index is 0.000000963. The fourth-order valence-electron chi connectivity index (χ4n) is 3.54. The van der Waals surface area contributed by atoms with E-state index in [2.05, 4.69) is 0 Å². The first-order valence-electron chi connectivity index (χ1n) is 6.26. The number of hydrogen-bond donors (Lipinski definition) is 1. The second kappa shape index (κ2) is 4.19. The summed E-state index contributed by atoms with van der Waals surface area (Å²) in [6, 6.07) is 0.229. The molecule has 1 heterocycles. The van der Waals surface area contributed by atoms with Gasteiger partial charge in [0.15, 0.2) is 0 Å². The summed E-state index contributed by atoms with van der Waals surface area (Å²) in [7, 11) is 0. The second-order valence-electron chi connectivity index (χ2n) is 5.66. The van der Waals surface area contributed by atoms with Gasteiger partial charge in [-0.3, -0.25) is 4.79 Å². The molecule has 2 aliphatic carbocycles. The largest absolute Gasteiger partial charge is 0.341 e. The topological polar surface area (TPSA) is 46.3 Å². The van der Waals surface area contributed by atoms with Crippen LogP contribution in [-0.2, 0) is 4.79 Å². The summed E-state index contributed by atoms with van der Waals surface area (Å²) < 4.78 is 0. The van der Waals surface area contributed by atoms with Gasteiger partial charge in [-0.15, -0.1) is 12.4 Å². The van der Waals surface area contributed by atoms with Gasteiger partial charge in [-0.1, -0.05) is 12.8 Å². The molecule has 0 radical (unpaired) electrons. The van der Waals surface area contributed by atoms with Crippen LogP contribution >= 0.6 is 12.4 Å². The molecule has 1 saturated heterocycles. The Morgan fingerprint density at radius 3 is 2.56 bits per heavy atom. The van der Waals surface area contributed by atoms with Gasteiger partial charge < -0.3 is 10.6 Å². The van der Waals surface area contributed by atoms with Gasteiger partial charge in [0.25, 0.3) is 0 Å². The monoisotopic (exact) mass is 244 g/mol. The van der Waals surface area contributed by atoms with E-state index in [9.17, 15) is 4.79 Å². The summed E-state index contributed by atoms with van der Waals surface area (Å²) in [5, 5.41) is 0. The number of rotatable bonds is 1. The van der Waals surface area contributed by atoms with Crippen molar-refractivity contribution in [3.8, 4) is 0 Å². The van der Waals surface area contributed by atoms with Crippen LogP contribution in [0.5, 0.6) is 0 Å². The Kier molecular flexibility index (Phi) is 3.19. The highest BCUT2D eigenvalue weighted by Gasteiger charge is 2.59. The molecule has 16 heavy (non-hydrogen) atoms. The van der Waals surface area contributed by atoms with E-state index >= 15 is 0 Å². The molecule has 3 fully saturated rings. The molecule has 1 aliphatic heterocycles. The van der Waals surface area contributed by atoms with Crippen molar-refractivity contribution in [1.82, 2.24) is 4.90 Å². The van der Waals surface area contributed by atoms with Crippen LogP contribution in [0.15, 0.2) is 0 Å². The van der Waals surface area contributed by atoms with Crippen LogP contribution in [0.1, 0.15) is 38.5 Å². The van der Waals surface area contributed by atoms with E-state index in [1.165, 1.54) is 25.7 Å². The number of carbonyl (C=O) groups is 1. The first-order chi connectivity index (χ1) is 7.21. The molecule has 2 atom stereocenters. The standard InChI is InChI=1S/C12H20N2O.ClH/c13-9-3-6-14(8-9)11(15)10-7-12(10)4-1-2-5-12;/h9-10H,1-8,13H2;1H. The van der Waals surface area contributed by atoms with Gasteiger partial charge in [-0.25, -0.2) is 0 Å². The summed E-state index contributed by atoms with van der Waals surface area (Å²) in [6.07, 6.45) is 7.42. The lowest BCUT2D eigenvalue weighted by Gasteiger charge is -2.17. The van der Waals surface area contributed by atoms with E-state index in [0.29, 0.717) is 17.2 Å². The zero-order valence-electron chi connectivity index (χ0n) is 9.65. The highest BCUT2D eigenvalue weighted by molar-refractivity contribution is 5.85. The van der Waals surface area contributed by atoms with Gasteiger partial charge >= 0.3 is 0 Å². The molecule has 4 heteroatoms. The average Bonchev–Trinajstić information content (AvgIpc) is 2.60. The maximum atomic E-state index is 12.2. The minimum absolute atomic E-state index is 0. The minimum atomic E-state index is 0. The number of nitrogens with two attached hydrogens (primary N) is 1. The number of likely N-dealkylation sites (tertiary alicyclic amines) is 1. The van der Waals surface area contributed by atoms with Gasteiger partial charge in [0, 0.05) is 25.0 Å².